The Balaban J connectivity index is 2.15. The highest BCUT2D eigenvalue weighted by molar-refractivity contribution is 5.76. The molecule has 0 fully saturated rings. The van der Waals surface area contributed by atoms with Crippen molar-refractivity contribution in [3.05, 3.63) is 24.2 Å². The van der Waals surface area contributed by atoms with Crippen molar-refractivity contribution >= 4 is 5.91 Å². The van der Waals surface area contributed by atoms with Crippen molar-refractivity contribution in [2.24, 2.45) is 5.92 Å². The van der Waals surface area contributed by atoms with Gasteiger partial charge in [0.05, 0.1) is 6.26 Å². The Morgan fingerprint density at radius 3 is 2.89 bits per heavy atom. The molecule has 0 aliphatic rings. The summed E-state index contributed by atoms with van der Waals surface area (Å²) in [6.07, 6.45) is 7.67. The molecular formula is C15H25NO2. The maximum absolute atomic E-state index is 11.7. The van der Waals surface area contributed by atoms with Gasteiger partial charge in [-0.15, -0.1) is 0 Å². The first-order valence-electron chi connectivity index (χ1n) is 7.05. The van der Waals surface area contributed by atoms with Crippen molar-refractivity contribution in [2.75, 3.05) is 6.54 Å². The fraction of sp³-hybridized carbons (Fsp3) is 0.667. The maximum Gasteiger partial charge on any atom is 0.220 e. The number of carbonyl (C=O) groups is 1. The van der Waals surface area contributed by atoms with Gasteiger partial charge in [-0.2, -0.15) is 0 Å². The number of aryl methyl sites for hydroxylation is 1. The Morgan fingerprint density at radius 2 is 2.28 bits per heavy atom. The smallest absolute Gasteiger partial charge is 0.220 e. The number of amides is 1. The highest BCUT2D eigenvalue weighted by Gasteiger charge is 2.08. The molecule has 0 aromatic carbocycles. The number of nitrogens with one attached hydrogen (secondary N) is 1. The van der Waals surface area contributed by atoms with E-state index in [9.17, 15) is 4.79 Å². The summed E-state index contributed by atoms with van der Waals surface area (Å²) in [6.45, 7) is 5.21. The minimum atomic E-state index is 0.126. The minimum Gasteiger partial charge on any atom is -0.469 e. The van der Waals surface area contributed by atoms with Gasteiger partial charge in [0, 0.05) is 19.4 Å². The van der Waals surface area contributed by atoms with E-state index < -0.39 is 0 Å². The molecule has 1 N–H and O–H groups in total. The SMILES string of the molecule is CCCCC(CC)CNC(=O)CCc1ccco1. The van der Waals surface area contributed by atoms with Crippen LogP contribution < -0.4 is 5.32 Å². The fourth-order valence-electron chi connectivity index (χ4n) is 1.98. The standard InChI is InChI=1S/C15H25NO2/c1-3-5-7-13(4-2)12-16-15(17)10-9-14-8-6-11-18-14/h6,8,11,13H,3-5,7,9-10,12H2,1-2H3,(H,16,17). The molecule has 3 nitrogen and oxygen atoms in total. The quantitative estimate of drug-likeness (QED) is 0.729. The third kappa shape index (κ3) is 5.89. The van der Waals surface area contributed by atoms with Crippen molar-refractivity contribution in [1.82, 2.24) is 5.32 Å². The molecule has 0 radical (unpaired) electrons. The first-order chi connectivity index (χ1) is 8.76. The second-order valence-corrected chi connectivity index (χ2v) is 4.80. The van der Waals surface area contributed by atoms with Crippen molar-refractivity contribution in [3.63, 3.8) is 0 Å². The summed E-state index contributed by atoms with van der Waals surface area (Å²) in [5.74, 6) is 1.63. The molecule has 1 unspecified atom stereocenters. The Kier molecular flexibility index (Phi) is 7.23. The minimum absolute atomic E-state index is 0.126. The van der Waals surface area contributed by atoms with Gasteiger partial charge in [-0.25, -0.2) is 0 Å². The number of rotatable bonds is 9. The predicted molar refractivity (Wildman–Crippen MR) is 73.3 cm³/mol. The molecule has 18 heavy (non-hydrogen) atoms. The molecule has 0 spiro atoms. The van der Waals surface area contributed by atoms with E-state index >= 15 is 0 Å². The van der Waals surface area contributed by atoms with Crippen LogP contribution in [0.3, 0.4) is 0 Å². The number of hydrogen-bond donors (Lipinski definition) is 1. The molecule has 0 aliphatic heterocycles. The van der Waals surface area contributed by atoms with Gasteiger partial charge in [0.15, 0.2) is 0 Å². The van der Waals surface area contributed by atoms with E-state index in [0.29, 0.717) is 18.8 Å². The van der Waals surface area contributed by atoms with Gasteiger partial charge in [0.1, 0.15) is 5.76 Å². The Bertz CT molecular complexity index is 319. The summed E-state index contributed by atoms with van der Waals surface area (Å²) in [5, 5.41) is 3.02. The summed E-state index contributed by atoms with van der Waals surface area (Å²) in [6, 6.07) is 3.76. The topological polar surface area (TPSA) is 42.2 Å². The number of hydrogen-bond acceptors (Lipinski definition) is 2. The molecule has 102 valence electrons. The summed E-state index contributed by atoms with van der Waals surface area (Å²) in [7, 11) is 0. The van der Waals surface area contributed by atoms with Crippen LogP contribution in [0.2, 0.25) is 0 Å². The summed E-state index contributed by atoms with van der Waals surface area (Å²) >= 11 is 0. The van der Waals surface area contributed by atoms with E-state index in [1.165, 1.54) is 19.3 Å². The fourth-order valence-corrected chi connectivity index (χ4v) is 1.98. The number of carbonyl (C=O) groups excluding carboxylic acids is 1. The second-order valence-electron chi connectivity index (χ2n) is 4.80. The molecule has 0 saturated heterocycles. The number of unbranched alkanes of at least 4 members (excludes halogenated alkanes) is 1. The largest absolute Gasteiger partial charge is 0.469 e. The predicted octanol–water partition coefficient (Wildman–Crippen LogP) is 3.54. The number of furan rings is 1. The lowest BCUT2D eigenvalue weighted by Gasteiger charge is -2.15. The van der Waals surface area contributed by atoms with Gasteiger partial charge in [0.2, 0.25) is 5.91 Å². The Morgan fingerprint density at radius 1 is 1.44 bits per heavy atom. The first-order valence-corrected chi connectivity index (χ1v) is 7.05. The van der Waals surface area contributed by atoms with E-state index in [2.05, 4.69) is 19.2 Å². The molecule has 0 aliphatic carbocycles. The maximum atomic E-state index is 11.7. The van der Waals surface area contributed by atoms with E-state index in [1.54, 1.807) is 6.26 Å². The van der Waals surface area contributed by atoms with Crippen LogP contribution in [0.15, 0.2) is 22.8 Å². The van der Waals surface area contributed by atoms with Gasteiger partial charge in [0.25, 0.3) is 0 Å². The zero-order chi connectivity index (χ0) is 13.2. The van der Waals surface area contributed by atoms with Crippen LogP contribution in [-0.2, 0) is 11.2 Å². The van der Waals surface area contributed by atoms with E-state index in [1.807, 2.05) is 12.1 Å². The average Bonchev–Trinajstić information content (AvgIpc) is 2.89. The molecule has 1 atom stereocenters. The van der Waals surface area contributed by atoms with Gasteiger partial charge >= 0.3 is 0 Å². The van der Waals surface area contributed by atoms with Crippen molar-refractivity contribution in [1.29, 1.82) is 0 Å². The van der Waals surface area contributed by atoms with Crippen LogP contribution in [0.5, 0.6) is 0 Å². The van der Waals surface area contributed by atoms with Gasteiger partial charge < -0.3 is 9.73 Å². The highest BCUT2D eigenvalue weighted by atomic mass is 16.3. The Labute approximate surface area is 110 Å². The van der Waals surface area contributed by atoms with Crippen LogP contribution in [0.1, 0.15) is 51.7 Å². The van der Waals surface area contributed by atoms with Crippen LogP contribution in [0.4, 0.5) is 0 Å². The molecule has 1 amide bonds. The van der Waals surface area contributed by atoms with Crippen LogP contribution in [0, 0.1) is 5.92 Å². The van der Waals surface area contributed by atoms with Crippen molar-refractivity contribution < 1.29 is 9.21 Å². The third-order valence-electron chi connectivity index (χ3n) is 3.31. The lowest BCUT2D eigenvalue weighted by molar-refractivity contribution is -0.121. The van der Waals surface area contributed by atoms with Gasteiger partial charge in [-0.05, 0) is 24.5 Å². The molecule has 3 heteroatoms. The lowest BCUT2D eigenvalue weighted by atomic mass is 9.99. The van der Waals surface area contributed by atoms with Crippen LogP contribution >= 0.6 is 0 Å². The van der Waals surface area contributed by atoms with Gasteiger partial charge in [-0.1, -0.05) is 33.1 Å². The Hall–Kier alpha value is -1.25. The highest BCUT2D eigenvalue weighted by Crippen LogP contribution is 2.11. The zero-order valence-electron chi connectivity index (χ0n) is 11.6. The van der Waals surface area contributed by atoms with Crippen molar-refractivity contribution in [2.45, 2.75) is 52.4 Å². The molecule has 1 aromatic heterocycles. The summed E-state index contributed by atoms with van der Waals surface area (Å²) in [4.78, 5) is 11.7. The van der Waals surface area contributed by atoms with E-state index in [0.717, 1.165) is 18.7 Å². The average molecular weight is 251 g/mol. The van der Waals surface area contributed by atoms with Crippen LogP contribution in [0.25, 0.3) is 0 Å². The summed E-state index contributed by atoms with van der Waals surface area (Å²) < 4.78 is 5.20. The zero-order valence-corrected chi connectivity index (χ0v) is 11.6. The molecule has 1 rings (SSSR count). The monoisotopic (exact) mass is 251 g/mol. The molecule has 0 saturated carbocycles. The van der Waals surface area contributed by atoms with Crippen LogP contribution in [-0.4, -0.2) is 12.5 Å². The molecule has 0 bridgehead atoms. The van der Waals surface area contributed by atoms with E-state index in [-0.39, 0.29) is 5.91 Å². The normalized spacial score (nSPS) is 12.3. The molecular weight excluding hydrogens is 226 g/mol. The lowest BCUT2D eigenvalue weighted by Crippen LogP contribution is -2.29. The van der Waals surface area contributed by atoms with Gasteiger partial charge in [-0.3, -0.25) is 4.79 Å². The second kappa shape index (κ2) is 8.78. The summed E-state index contributed by atoms with van der Waals surface area (Å²) in [5.41, 5.74) is 0. The molecule has 1 aromatic rings. The third-order valence-corrected chi connectivity index (χ3v) is 3.31. The first kappa shape index (κ1) is 14.8. The molecule has 1 heterocycles. The van der Waals surface area contributed by atoms with Crippen molar-refractivity contribution in [3.8, 4) is 0 Å². The van der Waals surface area contributed by atoms with E-state index in [4.69, 9.17) is 4.42 Å².